The highest BCUT2D eigenvalue weighted by atomic mass is 127. The van der Waals surface area contributed by atoms with Gasteiger partial charge < -0.3 is 15.2 Å². The SMILES string of the molecule is CN(C)C(=O)CCNc1nc[nH]c(=O)c1I. The predicted molar refractivity (Wildman–Crippen MR) is 69.4 cm³/mol. The highest BCUT2D eigenvalue weighted by molar-refractivity contribution is 14.1. The monoisotopic (exact) mass is 336 g/mol. The van der Waals surface area contributed by atoms with Gasteiger partial charge in [0.25, 0.3) is 5.56 Å². The summed E-state index contributed by atoms with van der Waals surface area (Å²) in [6.45, 7) is 0.462. The van der Waals surface area contributed by atoms with Crippen molar-refractivity contribution in [3.8, 4) is 0 Å². The van der Waals surface area contributed by atoms with E-state index in [0.717, 1.165) is 0 Å². The van der Waals surface area contributed by atoms with Gasteiger partial charge in [-0.3, -0.25) is 9.59 Å². The van der Waals surface area contributed by atoms with Gasteiger partial charge in [-0.25, -0.2) is 4.98 Å². The molecule has 1 rings (SSSR count). The third kappa shape index (κ3) is 3.47. The van der Waals surface area contributed by atoms with Crippen LogP contribution in [0.4, 0.5) is 5.82 Å². The van der Waals surface area contributed by atoms with E-state index in [9.17, 15) is 9.59 Å². The zero-order chi connectivity index (χ0) is 12.1. The lowest BCUT2D eigenvalue weighted by atomic mass is 10.4. The van der Waals surface area contributed by atoms with Crippen LogP contribution in [0.3, 0.4) is 0 Å². The molecule has 0 spiro atoms. The van der Waals surface area contributed by atoms with Gasteiger partial charge in [0.2, 0.25) is 5.91 Å². The molecule has 7 heteroatoms. The quantitative estimate of drug-likeness (QED) is 0.774. The first-order valence-electron chi connectivity index (χ1n) is 4.69. The maximum Gasteiger partial charge on any atom is 0.266 e. The van der Waals surface area contributed by atoms with Crippen LogP contribution < -0.4 is 10.9 Å². The summed E-state index contributed by atoms with van der Waals surface area (Å²) >= 11 is 1.91. The fraction of sp³-hybridized carbons (Fsp3) is 0.444. The van der Waals surface area contributed by atoms with Gasteiger partial charge >= 0.3 is 0 Å². The normalized spacial score (nSPS) is 9.94. The molecule has 0 saturated heterocycles. The number of aromatic nitrogens is 2. The Balaban J connectivity index is 2.53. The number of anilines is 1. The van der Waals surface area contributed by atoms with Crippen molar-refractivity contribution in [2.75, 3.05) is 26.0 Å². The molecule has 0 radical (unpaired) electrons. The Bertz CT molecular complexity index is 430. The first-order valence-corrected chi connectivity index (χ1v) is 5.77. The van der Waals surface area contributed by atoms with Crippen molar-refractivity contribution in [2.45, 2.75) is 6.42 Å². The van der Waals surface area contributed by atoms with Crippen LogP contribution in [0.2, 0.25) is 0 Å². The average Bonchev–Trinajstić information content (AvgIpc) is 2.24. The largest absolute Gasteiger partial charge is 0.368 e. The molecule has 0 bridgehead atoms. The minimum Gasteiger partial charge on any atom is -0.368 e. The van der Waals surface area contributed by atoms with Crippen molar-refractivity contribution >= 4 is 34.3 Å². The van der Waals surface area contributed by atoms with Crippen LogP contribution in [0.5, 0.6) is 0 Å². The number of halogens is 1. The van der Waals surface area contributed by atoms with Crippen LogP contribution in [0.25, 0.3) is 0 Å². The summed E-state index contributed by atoms with van der Waals surface area (Å²) in [6.07, 6.45) is 1.71. The molecule has 6 nitrogen and oxygen atoms in total. The van der Waals surface area contributed by atoms with Gasteiger partial charge in [-0.1, -0.05) is 0 Å². The van der Waals surface area contributed by atoms with Crippen molar-refractivity contribution in [1.29, 1.82) is 0 Å². The number of aromatic amines is 1. The Kier molecular flexibility index (Phi) is 4.71. The number of hydrogen-bond donors (Lipinski definition) is 2. The number of carbonyl (C=O) groups is 1. The number of nitrogens with one attached hydrogen (secondary N) is 2. The lowest BCUT2D eigenvalue weighted by Gasteiger charge is -2.10. The summed E-state index contributed by atoms with van der Waals surface area (Å²) in [5.74, 6) is 0.545. The van der Waals surface area contributed by atoms with Crippen LogP contribution >= 0.6 is 22.6 Å². The molecule has 0 aromatic carbocycles. The van der Waals surface area contributed by atoms with E-state index >= 15 is 0 Å². The molecule has 2 N–H and O–H groups in total. The second-order valence-corrected chi connectivity index (χ2v) is 4.44. The van der Waals surface area contributed by atoms with Crippen LogP contribution in [-0.2, 0) is 4.79 Å². The molecule has 0 fully saturated rings. The summed E-state index contributed by atoms with van der Waals surface area (Å²) in [6, 6.07) is 0. The molecule has 1 aromatic heterocycles. The van der Waals surface area contributed by atoms with Crippen molar-refractivity contribution in [3.05, 3.63) is 20.3 Å². The predicted octanol–water partition coefficient (Wildman–Crippen LogP) is 0.265. The minimum absolute atomic E-state index is 0.0346. The highest BCUT2D eigenvalue weighted by Gasteiger charge is 2.06. The van der Waals surface area contributed by atoms with Gasteiger partial charge in [-0.15, -0.1) is 0 Å². The Hall–Kier alpha value is -1.12. The van der Waals surface area contributed by atoms with Gasteiger partial charge in [0, 0.05) is 27.1 Å². The average molecular weight is 336 g/mol. The number of amides is 1. The van der Waals surface area contributed by atoms with Gasteiger partial charge in [0.05, 0.1) is 6.33 Å². The molecule has 0 atom stereocenters. The number of H-pyrrole nitrogens is 1. The smallest absolute Gasteiger partial charge is 0.266 e. The molecule has 88 valence electrons. The van der Waals surface area contributed by atoms with Crippen LogP contribution in [0.15, 0.2) is 11.1 Å². The first-order chi connectivity index (χ1) is 7.52. The Morgan fingerprint density at radius 2 is 2.31 bits per heavy atom. The molecule has 1 heterocycles. The van der Waals surface area contributed by atoms with E-state index in [1.54, 1.807) is 14.1 Å². The zero-order valence-corrected chi connectivity index (χ0v) is 11.2. The second-order valence-electron chi connectivity index (χ2n) is 3.36. The van der Waals surface area contributed by atoms with E-state index in [-0.39, 0.29) is 11.5 Å². The van der Waals surface area contributed by atoms with E-state index < -0.39 is 0 Å². The number of nitrogens with zero attached hydrogens (tertiary/aromatic N) is 2. The molecular weight excluding hydrogens is 323 g/mol. The van der Waals surface area contributed by atoms with Gasteiger partial charge in [-0.2, -0.15) is 0 Å². The van der Waals surface area contributed by atoms with Crippen molar-refractivity contribution in [3.63, 3.8) is 0 Å². The van der Waals surface area contributed by atoms with Crippen molar-refractivity contribution < 1.29 is 4.79 Å². The second kappa shape index (κ2) is 5.83. The minimum atomic E-state index is -0.183. The summed E-state index contributed by atoms with van der Waals surface area (Å²) in [5, 5.41) is 2.95. The molecule has 0 aliphatic rings. The van der Waals surface area contributed by atoms with Crippen molar-refractivity contribution in [2.24, 2.45) is 0 Å². The Labute approximate surface area is 107 Å². The molecule has 16 heavy (non-hydrogen) atoms. The van der Waals surface area contributed by atoms with E-state index in [1.807, 2.05) is 22.6 Å². The van der Waals surface area contributed by atoms with Gasteiger partial charge in [0.15, 0.2) is 0 Å². The Morgan fingerprint density at radius 1 is 1.62 bits per heavy atom. The summed E-state index contributed by atoms with van der Waals surface area (Å²) in [4.78, 5) is 30.5. The Morgan fingerprint density at radius 3 is 2.94 bits per heavy atom. The third-order valence-electron chi connectivity index (χ3n) is 1.93. The maximum absolute atomic E-state index is 11.3. The summed E-state index contributed by atoms with van der Waals surface area (Å²) < 4.78 is 0.498. The highest BCUT2D eigenvalue weighted by Crippen LogP contribution is 2.08. The fourth-order valence-electron chi connectivity index (χ4n) is 1.02. The lowest BCUT2D eigenvalue weighted by molar-refractivity contribution is -0.128. The van der Waals surface area contributed by atoms with Gasteiger partial charge in [0.1, 0.15) is 9.39 Å². The molecule has 1 amide bonds. The van der Waals surface area contributed by atoms with E-state index in [2.05, 4.69) is 15.3 Å². The molecule has 1 aromatic rings. The molecule has 0 aliphatic heterocycles. The topological polar surface area (TPSA) is 78.1 Å². The standard InChI is InChI=1S/C9H13IN4O2/c1-14(2)6(15)3-4-11-8-7(10)9(16)13-5-12-8/h5H,3-4H2,1-2H3,(H2,11,12,13,16). The lowest BCUT2D eigenvalue weighted by Crippen LogP contribution is -2.24. The molecule has 0 saturated carbocycles. The first kappa shape index (κ1) is 12.9. The van der Waals surface area contributed by atoms with Crippen LogP contribution in [0, 0.1) is 3.57 Å². The molecule has 0 aliphatic carbocycles. The van der Waals surface area contributed by atoms with E-state index in [4.69, 9.17) is 0 Å². The fourth-order valence-corrected chi connectivity index (χ4v) is 1.50. The van der Waals surface area contributed by atoms with E-state index in [0.29, 0.717) is 22.4 Å². The van der Waals surface area contributed by atoms with E-state index in [1.165, 1.54) is 11.2 Å². The number of rotatable bonds is 4. The summed E-state index contributed by atoms with van der Waals surface area (Å²) in [7, 11) is 3.41. The van der Waals surface area contributed by atoms with Crippen molar-refractivity contribution in [1.82, 2.24) is 14.9 Å². The molecular formula is C9H13IN4O2. The van der Waals surface area contributed by atoms with Crippen LogP contribution in [-0.4, -0.2) is 41.4 Å². The third-order valence-corrected chi connectivity index (χ3v) is 2.93. The number of hydrogen-bond acceptors (Lipinski definition) is 4. The van der Waals surface area contributed by atoms with Gasteiger partial charge in [-0.05, 0) is 22.6 Å². The number of carbonyl (C=O) groups excluding carboxylic acids is 1. The zero-order valence-electron chi connectivity index (χ0n) is 9.08. The summed E-state index contributed by atoms with van der Waals surface area (Å²) in [5.41, 5.74) is -0.183. The molecule has 0 unspecified atom stereocenters. The van der Waals surface area contributed by atoms with Crippen LogP contribution in [0.1, 0.15) is 6.42 Å². The maximum atomic E-state index is 11.3.